The molecular weight excluding hydrogens is 415 g/mol. The molecule has 148 valence electrons. The Labute approximate surface area is 173 Å². The van der Waals surface area contributed by atoms with Crippen molar-refractivity contribution in [3.8, 4) is 11.3 Å². The Balaban J connectivity index is 1.70. The van der Waals surface area contributed by atoms with Gasteiger partial charge in [-0.15, -0.1) is 16.4 Å². The predicted molar refractivity (Wildman–Crippen MR) is 109 cm³/mol. The topological polar surface area (TPSA) is 94.3 Å². The Kier molecular flexibility index (Phi) is 5.41. The number of thioether (sulfide) groups is 1. The summed E-state index contributed by atoms with van der Waals surface area (Å²) < 4.78 is 19.9. The van der Waals surface area contributed by atoms with E-state index in [1.165, 1.54) is 41.4 Å². The van der Waals surface area contributed by atoms with Crippen LogP contribution in [0.3, 0.4) is 0 Å². The number of ether oxygens (including phenoxy) is 1. The fourth-order valence-corrected chi connectivity index (χ4v) is 3.75. The normalized spacial score (nSPS) is 11.0. The van der Waals surface area contributed by atoms with E-state index in [4.69, 9.17) is 4.74 Å². The van der Waals surface area contributed by atoms with Gasteiger partial charge >= 0.3 is 5.97 Å². The van der Waals surface area contributed by atoms with E-state index in [0.717, 1.165) is 11.3 Å². The SMILES string of the molecule is CCOC(=O)c1cnc(SC)nc1Nc1nc2scc(-c3ccc(F)cc3)n2n1. The summed E-state index contributed by atoms with van der Waals surface area (Å²) in [7, 11) is 0. The van der Waals surface area contributed by atoms with E-state index in [0.29, 0.717) is 10.1 Å². The van der Waals surface area contributed by atoms with Crippen molar-refractivity contribution in [1.82, 2.24) is 24.6 Å². The maximum absolute atomic E-state index is 13.2. The van der Waals surface area contributed by atoms with Crippen LogP contribution in [0, 0.1) is 5.82 Å². The second-order valence-electron chi connectivity index (χ2n) is 5.72. The van der Waals surface area contributed by atoms with E-state index in [-0.39, 0.29) is 29.8 Å². The highest BCUT2D eigenvalue weighted by atomic mass is 32.2. The average molecular weight is 430 g/mol. The molecular formula is C18H15FN6O2S2. The summed E-state index contributed by atoms with van der Waals surface area (Å²) in [5, 5.41) is 9.84. The van der Waals surface area contributed by atoms with Crippen LogP contribution in [0.15, 0.2) is 41.0 Å². The first kappa shape index (κ1) is 19.3. The molecule has 0 aliphatic heterocycles. The van der Waals surface area contributed by atoms with Gasteiger partial charge in [-0.25, -0.2) is 23.7 Å². The summed E-state index contributed by atoms with van der Waals surface area (Å²) in [5.41, 5.74) is 1.79. The van der Waals surface area contributed by atoms with Gasteiger partial charge in [0.15, 0.2) is 11.0 Å². The number of halogens is 1. The lowest BCUT2D eigenvalue weighted by atomic mass is 10.2. The molecule has 8 nitrogen and oxygen atoms in total. The van der Waals surface area contributed by atoms with Gasteiger partial charge < -0.3 is 10.1 Å². The number of hydrogen-bond acceptors (Lipinski definition) is 9. The van der Waals surface area contributed by atoms with E-state index in [9.17, 15) is 9.18 Å². The molecule has 0 amide bonds. The van der Waals surface area contributed by atoms with Crippen molar-refractivity contribution < 1.29 is 13.9 Å². The molecule has 0 unspecified atom stereocenters. The van der Waals surface area contributed by atoms with Crippen molar-refractivity contribution in [2.24, 2.45) is 0 Å². The van der Waals surface area contributed by atoms with Gasteiger partial charge in [0.2, 0.25) is 10.9 Å². The highest BCUT2D eigenvalue weighted by Gasteiger charge is 2.19. The Bertz CT molecular complexity index is 1180. The lowest BCUT2D eigenvalue weighted by Gasteiger charge is -2.08. The number of rotatable bonds is 6. The lowest BCUT2D eigenvalue weighted by molar-refractivity contribution is 0.0526. The molecule has 1 N–H and O–H groups in total. The van der Waals surface area contributed by atoms with Gasteiger partial charge in [-0.1, -0.05) is 11.8 Å². The van der Waals surface area contributed by atoms with Crippen molar-refractivity contribution in [3.05, 3.63) is 47.2 Å². The molecule has 3 heterocycles. The quantitative estimate of drug-likeness (QED) is 0.278. The first-order valence-corrected chi connectivity index (χ1v) is 10.6. The van der Waals surface area contributed by atoms with Crippen LogP contribution < -0.4 is 5.32 Å². The van der Waals surface area contributed by atoms with Gasteiger partial charge in [-0.2, -0.15) is 4.98 Å². The van der Waals surface area contributed by atoms with Crippen LogP contribution in [-0.4, -0.2) is 43.4 Å². The third-order valence-electron chi connectivity index (χ3n) is 3.90. The van der Waals surface area contributed by atoms with Crippen LogP contribution >= 0.6 is 23.1 Å². The predicted octanol–water partition coefficient (Wildman–Crippen LogP) is 4.03. The van der Waals surface area contributed by atoms with Gasteiger partial charge in [0.05, 0.1) is 12.3 Å². The number of thiazole rings is 1. The van der Waals surface area contributed by atoms with Gasteiger partial charge in [-0.05, 0) is 37.4 Å². The first-order chi connectivity index (χ1) is 14.1. The summed E-state index contributed by atoms with van der Waals surface area (Å²) in [4.78, 5) is 25.8. The third kappa shape index (κ3) is 3.91. The highest BCUT2D eigenvalue weighted by molar-refractivity contribution is 7.98. The van der Waals surface area contributed by atoms with E-state index in [1.807, 2.05) is 11.6 Å². The van der Waals surface area contributed by atoms with Crippen molar-refractivity contribution >= 4 is 45.8 Å². The average Bonchev–Trinajstić information content (AvgIpc) is 3.29. The zero-order valence-corrected chi connectivity index (χ0v) is 17.1. The molecule has 11 heteroatoms. The fraction of sp³-hybridized carbons (Fsp3) is 0.167. The summed E-state index contributed by atoms with van der Waals surface area (Å²) in [6, 6.07) is 6.15. The number of hydrogen-bond donors (Lipinski definition) is 1. The number of carbonyl (C=O) groups excluding carboxylic acids is 1. The van der Waals surface area contributed by atoms with Crippen LogP contribution in [0.25, 0.3) is 16.2 Å². The van der Waals surface area contributed by atoms with E-state index in [2.05, 4.69) is 25.4 Å². The Morgan fingerprint density at radius 1 is 1.31 bits per heavy atom. The van der Waals surface area contributed by atoms with Crippen LogP contribution in [0.5, 0.6) is 0 Å². The number of nitrogens with one attached hydrogen (secondary N) is 1. The molecule has 3 aromatic heterocycles. The zero-order valence-electron chi connectivity index (χ0n) is 15.4. The molecule has 4 rings (SSSR count). The first-order valence-electron chi connectivity index (χ1n) is 8.54. The van der Waals surface area contributed by atoms with Crippen LogP contribution in [0.4, 0.5) is 16.2 Å². The second-order valence-corrected chi connectivity index (χ2v) is 7.33. The minimum atomic E-state index is -0.532. The molecule has 1 aromatic carbocycles. The van der Waals surface area contributed by atoms with Gasteiger partial charge in [0.25, 0.3) is 0 Å². The van der Waals surface area contributed by atoms with Crippen molar-refractivity contribution in [2.45, 2.75) is 12.1 Å². The number of anilines is 2. The van der Waals surface area contributed by atoms with Crippen molar-refractivity contribution in [2.75, 3.05) is 18.2 Å². The molecule has 0 fully saturated rings. The fourth-order valence-electron chi connectivity index (χ4n) is 2.58. The number of aromatic nitrogens is 5. The Morgan fingerprint density at radius 2 is 2.10 bits per heavy atom. The second kappa shape index (κ2) is 8.13. The molecule has 0 saturated heterocycles. The van der Waals surface area contributed by atoms with E-state index < -0.39 is 5.97 Å². The molecule has 0 spiro atoms. The summed E-state index contributed by atoms with van der Waals surface area (Å²) >= 11 is 2.74. The maximum atomic E-state index is 13.2. The Hall–Kier alpha value is -3.05. The van der Waals surface area contributed by atoms with Crippen LogP contribution in [-0.2, 0) is 4.74 Å². The number of fused-ring (bicyclic) bond motifs is 1. The molecule has 4 aromatic rings. The molecule has 0 bridgehead atoms. The summed E-state index contributed by atoms with van der Waals surface area (Å²) in [6.45, 7) is 1.96. The molecule has 0 radical (unpaired) electrons. The van der Waals surface area contributed by atoms with Crippen LogP contribution in [0.1, 0.15) is 17.3 Å². The Morgan fingerprint density at radius 3 is 2.83 bits per heavy atom. The maximum Gasteiger partial charge on any atom is 0.343 e. The summed E-state index contributed by atoms with van der Waals surface area (Å²) in [5.74, 6) is -0.294. The van der Waals surface area contributed by atoms with Crippen LogP contribution in [0.2, 0.25) is 0 Å². The number of esters is 1. The number of benzene rings is 1. The molecule has 29 heavy (non-hydrogen) atoms. The van der Waals surface area contributed by atoms with Crippen molar-refractivity contribution in [3.63, 3.8) is 0 Å². The monoisotopic (exact) mass is 430 g/mol. The number of nitrogens with zero attached hydrogens (tertiary/aromatic N) is 5. The largest absolute Gasteiger partial charge is 0.462 e. The molecule has 0 aliphatic rings. The third-order valence-corrected chi connectivity index (χ3v) is 5.27. The van der Waals surface area contributed by atoms with Gasteiger partial charge in [0.1, 0.15) is 11.4 Å². The lowest BCUT2D eigenvalue weighted by Crippen LogP contribution is -2.11. The number of carbonyl (C=O) groups is 1. The smallest absolute Gasteiger partial charge is 0.343 e. The molecule has 0 atom stereocenters. The molecule has 0 saturated carbocycles. The van der Waals surface area contributed by atoms with E-state index >= 15 is 0 Å². The standard InChI is InChI=1S/C18H15FN6O2S2/c1-3-27-15(26)12-8-20-17(28-2)22-14(12)21-16-23-18-25(24-16)13(9-29-18)10-4-6-11(19)7-5-10/h4-9H,3H2,1-2H3,(H,20,21,22,24). The minimum absolute atomic E-state index is 0.196. The van der Waals surface area contributed by atoms with E-state index in [1.54, 1.807) is 23.6 Å². The van der Waals surface area contributed by atoms with Gasteiger partial charge in [-0.3, -0.25) is 0 Å². The molecule has 0 aliphatic carbocycles. The van der Waals surface area contributed by atoms with Gasteiger partial charge in [0, 0.05) is 17.1 Å². The zero-order chi connectivity index (χ0) is 20.4. The minimum Gasteiger partial charge on any atom is -0.462 e. The van der Waals surface area contributed by atoms with Crippen molar-refractivity contribution in [1.29, 1.82) is 0 Å². The summed E-state index contributed by atoms with van der Waals surface area (Å²) in [6.07, 6.45) is 3.25. The highest BCUT2D eigenvalue weighted by Crippen LogP contribution is 2.27.